The highest BCUT2D eigenvalue weighted by Crippen LogP contribution is 2.17. The van der Waals surface area contributed by atoms with E-state index in [1.165, 1.54) is 0 Å². The number of rotatable bonds is 4. The van der Waals surface area contributed by atoms with E-state index in [9.17, 15) is 18.7 Å². The van der Waals surface area contributed by atoms with Crippen molar-refractivity contribution in [1.29, 1.82) is 0 Å². The predicted octanol–water partition coefficient (Wildman–Crippen LogP) is 1.52. The minimum Gasteiger partial charge on any atom is -0.386 e. The van der Waals surface area contributed by atoms with Crippen LogP contribution in [0.3, 0.4) is 0 Å². The first-order chi connectivity index (χ1) is 7.54. The first-order valence-electron chi connectivity index (χ1n) is 4.94. The first-order valence-corrected chi connectivity index (χ1v) is 4.94. The zero-order valence-corrected chi connectivity index (χ0v) is 8.84. The van der Waals surface area contributed by atoms with Crippen molar-refractivity contribution in [3.63, 3.8) is 0 Å². The number of halogens is 2. The average molecular weight is 229 g/mol. The van der Waals surface area contributed by atoms with Gasteiger partial charge in [-0.1, -0.05) is 6.92 Å². The molecule has 0 fully saturated rings. The fourth-order valence-electron chi connectivity index (χ4n) is 1.22. The van der Waals surface area contributed by atoms with E-state index in [2.05, 4.69) is 5.32 Å². The molecule has 2 N–H and O–H groups in total. The molecule has 0 aromatic heterocycles. The molecule has 0 aliphatic rings. The van der Waals surface area contributed by atoms with Gasteiger partial charge in [0.2, 0.25) is 5.91 Å². The molecule has 1 unspecified atom stereocenters. The number of carbonyl (C=O) groups excluding carboxylic acids is 1. The summed E-state index contributed by atoms with van der Waals surface area (Å²) in [5.41, 5.74) is -0.156. The van der Waals surface area contributed by atoms with Gasteiger partial charge in [0, 0.05) is 18.5 Å². The Morgan fingerprint density at radius 3 is 2.81 bits per heavy atom. The third kappa shape index (κ3) is 3.27. The third-order valence-electron chi connectivity index (χ3n) is 2.13. The Kier molecular flexibility index (Phi) is 4.37. The molecule has 1 aromatic rings. The summed E-state index contributed by atoms with van der Waals surface area (Å²) in [7, 11) is 0. The van der Waals surface area contributed by atoms with E-state index in [4.69, 9.17) is 0 Å². The van der Waals surface area contributed by atoms with Gasteiger partial charge in [-0.05, 0) is 18.2 Å². The molecular formula is C11H13F2NO2. The van der Waals surface area contributed by atoms with Gasteiger partial charge in [-0.25, -0.2) is 8.78 Å². The molecule has 0 saturated carbocycles. The molecule has 16 heavy (non-hydrogen) atoms. The highest BCUT2D eigenvalue weighted by molar-refractivity contribution is 5.75. The van der Waals surface area contributed by atoms with Crippen molar-refractivity contribution in [3.8, 4) is 0 Å². The molecule has 0 aliphatic carbocycles. The van der Waals surface area contributed by atoms with Crippen molar-refractivity contribution >= 4 is 5.91 Å². The van der Waals surface area contributed by atoms with Crippen molar-refractivity contribution in [2.45, 2.75) is 19.4 Å². The zero-order chi connectivity index (χ0) is 12.1. The Balaban J connectivity index is 2.68. The summed E-state index contributed by atoms with van der Waals surface area (Å²) in [5.74, 6) is -1.58. The van der Waals surface area contributed by atoms with Crippen LogP contribution >= 0.6 is 0 Å². The average Bonchev–Trinajstić information content (AvgIpc) is 2.28. The Labute approximate surface area is 92.1 Å². The van der Waals surface area contributed by atoms with Gasteiger partial charge in [-0.3, -0.25) is 4.79 Å². The van der Waals surface area contributed by atoms with Crippen molar-refractivity contribution in [2.75, 3.05) is 6.54 Å². The molecule has 1 aromatic carbocycles. The smallest absolute Gasteiger partial charge is 0.219 e. The lowest BCUT2D eigenvalue weighted by atomic mass is 10.1. The van der Waals surface area contributed by atoms with Crippen molar-refractivity contribution in [3.05, 3.63) is 35.4 Å². The summed E-state index contributed by atoms with van der Waals surface area (Å²) < 4.78 is 26.0. The number of nitrogens with one attached hydrogen (secondary N) is 1. The van der Waals surface area contributed by atoms with Gasteiger partial charge in [0.25, 0.3) is 0 Å². The maximum absolute atomic E-state index is 13.2. The largest absolute Gasteiger partial charge is 0.386 e. The summed E-state index contributed by atoms with van der Waals surface area (Å²) >= 11 is 0. The van der Waals surface area contributed by atoms with E-state index in [1.807, 2.05) is 0 Å². The van der Waals surface area contributed by atoms with Crippen molar-refractivity contribution in [1.82, 2.24) is 5.32 Å². The van der Waals surface area contributed by atoms with E-state index in [0.29, 0.717) is 0 Å². The van der Waals surface area contributed by atoms with Crippen LogP contribution < -0.4 is 5.32 Å². The SMILES string of the molecule is CCC(=O)NCC(O)c1cc(F)ccc1F. The molecule has 0 heterocycles. The van der Waals surface area contributed by atoms with Crippen LogP contribution in [0.5, 0.6) is 0 Å². The van der Waals surface area contributed by atoms with Crippen LogP contribution in [0, 0.1) is 11.6 Å². The maximum atomic E-state index is 13.2. The molecule has 1 rings (SSSR count). The van der Waals surface area contributed by atoms with Gasteiger partial charge in [0.1, 0.15) is 11.6 Å². The van der Waals surface area contributed by atoms with Gasteiger partial charge < -0.3 is 10.4 Å². The zero-order valence-electron chi connectivity index (χ0n) is 8.84. The third-order valence-corrected chi connectivity index (χ3v) is 2.13. The number of aliphatic hydroxyl groups excluding tert-OH is 1. The van der Waals surface area contributed by atoms with Crippen molar-refractivity contribution < 1.29 is 18.7 Å². The van der Waals surface area contributed by atoms with Crippen LogP contribution in [0.25, 0.3) is 0 Å². The second kappa shape index (κ2) is 5.55. The van der Waals surface area contributed by atoms with Crippen LogP contribution in [-0.2, 0) is 4.79 Å². The second-order valence-electron chi connectivity index (χ2n) is 3.34. The van der Waals surface area contributed by atoms with E-state index < -0.39 is 17.7 Å². The van der Waals surface area contributed by atoms with E-state index >= 15 is 0 Å². The monoisotopic (exact) mass is 229 g/mol. The second-order valence-corrected chi connectivity index (χ2v) is 3.34. The Morgan fingerprint density at radius 2 is 2.19 bits per heavy atom. The number of aliphatic hydroxyl groups is 1. The molecule has 0 spiro atoms. The molecule has 0 saturated heterocycles. The highest BCUT2D eigenvalue weighted by Gasteiger charge is 2.14. The van der Waals surface area contributed by atoms with Gasteiger partial charge in [-0.2, -0.15) is 0 Å². The van der Waals surface area contributed by atoms with E-state index in [1.54, 1.807) is 6.92 Å². The summed E-state index contributed by atoms with van der Waals surface area (Å²) in [6.45, 7) is 1.53. The lowest BCUT2D eigenvalue weighted by Gasteiger charge is -2.12. The Morgan fingerprint density at radius 1 is 1.50 bits per heavy atom. The molecule has 0 bridgehead atoms. The number of benzene rings is 1. The van der Waals surface area contributed by atoms with Crippen LogP contribution in [0.1, 0.15) is 25.0 Å². The van der Waals surface area contributed by atoms with Crippen LogP contribution in [0.15, 0.2) is 18.2 Å². The molecule has 1 atom stereocenters. The van der Waals surface area contributed by atoms with Crippen LogP contribution in [0.2, 0.25) is 0 Å². The fraction of sp³-hybridized carbons (Fsp3) is 0.364. The normalized spacial score (nSPS) is 12.2. The fourth-order valence-corrected chi connectivity index (χ4v) is 1.22. The maximum Gasteiger partial charge on any atom is 0.219 e. The lowest BCUT2D eigenvalue weighted by Crippen LogP contribution is -2.27. The number of amides is 1. The number of hydrogen-bond donors (Lipinski definition) is 2. The molecular weight excluding hydrogens is 216 g/mol. The Hall–Kier alpha value is -1.49. The van der Waals surface area contributed by atoms with Gasteiger partial charge in [-0.15, -0.1) is 0 Å². The minimum absolute atomic E-state index is 0.132. The summed E-state index contributed by atoms with van der Waals surface area (Å²) in [5, 5.41) is 11.9. The van der Waals surface area contributed by atoms with Gasteiger partial charge >= 0.3 is 0 Å². The molecule has 5 heteroatoms. The van der Waals surface area contributed by atoms with E-state index in [-0.39, 0.29) is 24.4 Å². The summed E-state index contributed by atoms with van der Waals surface area (Å²) in [4.78, 5) is 10.9. The number of carbonyl (C=O) groups is 1. The standard InChI is InChI=1S/C11H13F2NO2/c1-2-11(16)14-6-10(15)8-5-7(12)3-4-9(8)13/h3-5,10,15H,2,6H2,1H3,(H,14,16). The summed E-state index contributed by atoms with van der Waals surface area (Å²) in [6.07, 6.45) is -0.968. The molecule has 3 nitrogen and oxygen atoms in total. The van der Waals surface area contributed by atoms with Gasteiger partial charge in [0.05, 0.1) is 6.10 Å². The molecule has 1 amide bonds. The van der Waals surface area contributed by atoms with Crippen molar-refractivity contribution in [2.24, 2.45) is 0 Å². The van der Waals surface area contributed by atoms with E-state index in [0.717, 1.165) is 18.2 Å². The molecule has 0 aliphatic heterocycles. The number of hydrogen-bond acceptors (Lipinski definition) is 2. The topological polar surface area (TPSA) is 49.3 Å². The minimum atomic E-state index is -1.24. The predicted molar refractivity (Wildman–Crippen MR) is 54.6 cm³/mol. The summed E-state index contributed by atoms with van der Waals surface area (Å²) in [6, 6.07) is 2.82. The van der Waals surface area contributed by atoms with Crippen LogP contribution in [-0.4, -0.2) is 17.6 Å². The first kappa shape index (κ1) is 12.6. The van der Waals surface area contributed by atoms with Gasteiger partial charge in [0.15, 0.2) is 0 Å². The molecule has 0 radical (unpaired) electrons. The molecule has 88 valence electrons. The van der Waals surface area contributed by atoms with Crippen LogP contribution in [0.4, 0.5) is 8.78 Å². The quantitative estimate of drug-likeness (QED) is 0.822. The lowest BCUT2D eigenvalue weighted by molar-refractivity contribution is -0.121. The highest BCUT2D eigenvalue weighted by atomic mass is 19.1. The Bertz CT molecular complexity index is 382.